The second-order valence-electron chi connectivity index (χ2n) is 10.9. The number of fused-ring (bicyclic) bond motifs is 2. The first-order valence-corrected chi connectivity index (χ1v) is 14.6. The average molecular weight is 559 g/mol. The highest BCUT2D eigenvalue weighted by molar-refractivity contribution is 8.02. The summed E-state index contributed by atoms with van der Waals surface area (Å²) in [7, 11) is 0. The topological polar surface area (TPSA) is 87.2 Å². The third kappa shape index (κ3) is 4.20. The Labute approximate surface area is 233 Å². The molecule has 4 aliphatic heterocycles. The molecule has 0 radical (unpaired) electrons. The number of hydrogen-bond donors (Lipinski definition) is 1. The predicted octanol–water partition coefficient (Wildman–Crippen LogP) is 4.23. The number of amides is 2. The Balaban J connectivity index is 1.69. The van der Waals surface area contributed by atoms with Crippen molar-refractivity contribution >= 4 is 46.8 Å². The number of aliphatic hydroxyl groups is 1. The largest absolute Gasteiger partial charge is 0.465 e. The number of hydrogen-bond acceptors (Lipinski definition) is 6. The first kappa shape index (κ1) is 27.3. The van der Waals surface area contributed by atoms with Crippen molar-refractivity contribution in [1.29, 1.82) is 0 Å². The van der Waals surface area contributed by atoms with Gasteiger partial charge in [0.2, 0.25) is 5.91 Å². The van der Waals surface area contributed by atoms with E-state index in [9.17, 15) is 19.5 Å². The van der Waals surface area contributed by atoms with Gasteiger partial charge in [0, 0.05) is 22.0 Å². The van der Waals surface area contributed by atoms with Crippen LogP contribution in [0.2, 0.25) is 5.02 Å². The number of carbonyl (C=O) groups is 3. The lowest BCUT2D eigenvalue weighted by atomic mass is 9.74. The summed E-state index contributed by atoms with van der Waals surface area (Å²) < 4.78 is 3.97. The van der Waals surface area contributed by atoms with Gasteiger partial charge < -0.3 is 19.6 Å². The van der Waals surface area contributed by atoms with E-state index >= 15 is 0 Å². The van der Waals surface area contributed by atoms with Crippen LogP contribution in [-0.2, 0) is 19.1 Å². The molecule has 2 saturated heterocycles. The molecule has 7 nitrogen and oxygen atoms in total. The zero-order chi connectivity index (χ0) is 27.2. The Morgan fingerprint density at radius 3 is 2.55 bits per heavy atom. The number of cyclic esters (lactones) is 1. The zero-order valence-corrected chi connectivity index (χ0v) is 23.6. The molecule has 1 N–H and O–H groups in total. The number of aliphatic hydroxyl groups excluding tert-OH is 1. The van der Waals surface area contributed by atoms with Gasteiger partial charge in [-0.1, -0.05) is 56.2 Å². The summed E-state index contributed by atoms with van der Waals surface area (Å²) in [5.41, 5.74) is 0.678. The number of esters is 1. The van der Waals surface area contributed by atoms with E-state index in [2.05, 4.69) is 6.08 Å². The second kappa shape index (κ2) is 10.4. The van der Waals surface area contributed by atoms with Crippen LogP contribution in [0.3, 0.4) is 0 Å². The molecule has 204 valence electrons. The molecule has 1 aromatic carbocycles. The number of allylic oxidation sites excluding steroid dienone is 1. The number of rotatable bonds is 5. The van der Waals surface area contributed by atoms with E-state index in [1.54, 1.807) is 34.1 Å². The molecule has 38 heavy (non-hydrogen) atoms. The van der Waals surface area contributed by atoms with E-state index in [-0.39, 0.29) is 24.3 Å². The van der Waals surface area contributed by atoms with E-state index in [4.69, 9.17) is 16.3 Å². The van der Waals surface area contributed by atoms with Crippen LogP contribution < -0.4 is 4.90 Å². The van der Waals surface area contributed by atoms with Gasteiger partial charge in [-0.3, -0.25) is 14.4 Å². The second-order valence-corrected chi connectivity index (χ2v) is 13.1. The number of likely N-dealkylation sites (tertiary alicyclic amines) is 1. The van der Waals surface area contributed by atoms with Crippen molar-refractivity contribution in [2.75, 3.05) is 24.7 Å². The first-order valence-electron chi connectivity index (χ1n) is 13.4. The molecule has 4 aliphatic rings. The summed E-state index contributed by atoms with van der Waals surface area (Å²) >= 11 is 7.64. The predicted molar refractivity (Wildman–Crippen MR) is 149 cm³/mol. The van der Waals surface area contributed by atoms with Gasteiger partial charge in [-0.2, -0.15) is 0 Å². The lowest BCUT2D eigenvalue weighted by Crippen LogP contribution is -2.58. The molecule has 0 aliphatic carbocycles. The Hall–Kier alpha value is -2.29. The maximum atomic E-state index is 14.5. The summed E-state index contributed by atoms with van der Waals surface area (Å²) in [5, 5.41) is 11.1. The van der Waals surface area contributed by atoms with Gasteiger partial charge >= 0.3 is 5.97 Å². The normalized spacial score (nSPS) is 35.3. The van der Waals surface area contributed by atoms with Crippen molar-refractivity contribution in [1.82, 2.24) is 4.90 Å². The van der Waals surface area contributed by atoms with Gasteiger partial charge in [-0.15, -0.1) is 11.8 Å². The molecule has 9 heteroatoms. The minimum absolute atomic E-state index is 0.0485. The highest BCUT2D eigenvalue weighted by atomic mass is 35.5. The fraction of sp³-hybridized carbons (Fsp3) is 0.552. The Bertz CT molecular complexity index is 1170. The molecule has 1 unspecified atom stereocenters. The third-order valence-electron chi connectivity index (χ3n) is 8.67. The molecular weight excluding hydrogens is 524 g/mol. The maximum Gasteiger partial charge on any atom is 0.311 e. The number of nitrogens with zero attached hydrogens (tertiary/aromatic N) is 2. The Morgan fingerprint density at radius 1 is 1.13 bits per heavy atom. The van der Waals surface area contributed by atoms with Crippen molar-refractivity contribution in [3.05, 3.63) is 53.6 Å². The van der Waals surface area contributed by atoms with E-state index in [1.165, 1.54) is 11.8 Å². The minimum atomic E-state index is -0.988. The Morgan fingerprint density at radius 2 is 1.87 bits per heavy atom. The molecule has 4 heterocycles. The van der Waals surface area contributed by atoms with Crippen molar-refractivity contribution in [2.24, 2.45) is 17.8 Å². The monoisotopic (exact) mass is 558 g/mol. The van der Waals surface area contributed by atoms with Gasteiger partial charge in [0.15, 0.2) is 0 Å². The fourth-order valence-electron chi connectivity index (χ4n) is 6.60. The number of carbonyl (C=O) groups excluding carboxylic acids is 3. The van der Waals surface area contributed by atoms with Gasteiger partial charge in [-0.25, -0.2) is 0 Å². The maximum absolute atomic E-state index is 14.5. The third-order valence-corrected chi connectivity index (χ3v) is 10.7. The van der Waals surface area contributed by atoms with Gasteiger partial charge in [0.05, 0.1) is 35.8 Å². The SMILES string of the molecule is CC[C@H](C)[C@H](CO)N1C(=O)[C@@H]2[C@H]3C(=O)OCCC/C=C\[C@@]3(C)S[C@@]23C=CCN(c2ccc(Cl)cc2)C(=O)C13. The van der Waals surface area contributed by atoms with Crippen LogP contribution in [0, 0.1) is 17.8 Å². The van der Waals surface area contributed by atoms with E-state index in [0.717, 1.165) is 19.3 Å². The van der Waals surface area contributed by atoms with Crippen LogP contribution >= 0.6 is 23.4 Å². The van der Waals surface area contributed by atoms with Crippen LogP contribution in [0.4, 0.5) is 5.69 Å². The van der Waals surface area contributed by atoms with Gasteiger partial charge in [0.25, 0.3) is 5.91 Å². The summed E-state index contributed by atoms with van der Waals surface area (Å²) in [5.74, 6) is -2.48. The minimum Gasteiger partial charge on any atom is -0.465 e. The molecule has 2 amide bonds. The highest BCUT2D eigenvalue weighted by Crippen LogP contribution is 2.65. The summed E-state index contributed by atoms with van der Waals surface area (Å²) in [6.07, 6.45) is 10.2. The van der Waals surface area contributed by atoms with Crippen molar-refractivity contribution < 1.29 is 24.2 Å². The molecule has 0 bridgehead atoms. The van der Waals surface area contributed by atoms with Crippen LogP contribution in [0.1, 0.15) is 40.0 Å². The molecular formula is C29H35ClN2O5S. The molecule has 0 aromatic heterocycles. The van der Waals surface area contributed by atoms with E-state index in [0.29, 0.717) is 23.9 Å². The molecule has 5 rings (SSSR count). The quantitative estimate of drug-likeness (QED) is 0.430. The van der Waals surface area contributed by atoms with E-state index in [1.807, 2.05) is 39.0 Å². The Kier molecular flexibility index (Phi) is 7.44. The average Bonchev–Trinajstić information content (AvgIpc) is 3.24. The summed E-state index contributed by atoms with van der Waals surface area (Å²) in [4.78, 5) is 45.9. The smallest absolute Gasteiger partial charge is 0.311 e. The zero-order valence-electron chi connectivity index (χ0n) is 22.0. The first-order chi connectivity index (χ1) is 18.2. The molecule has 1 spiro atoms. The number of thioether (sulfide) groups is 1. The van der Waals surface area contributed by atoms with E-state index < -0.39 is 39.4 Å². The van der Waals surface area contributed by atoms with Crippen molar-refractivity contribution in [3.63, 3.8) is 0 Å². The van der Waals surface area contributed by atoms with Crippen molar-refractivity contribution in [3.8, 4) is 0 Å². The number of anilines is 1. The summed E-state index contributed by atoms with van der Waals surface area (Å²) in [6, 6.07) is 5.62. The molecule has 0 saturated carbocycles. The van der Waals surface area contributed by atoms with Crippen molar-refractivity contribution in [2.45, 2.75) is 61.6 Å². The highest BCUT2D eigenvalue weighted by Gasteiger charge is 2.74. The standard InChI is InChI=1S/C29H35ClN2O5S/c1-4-18(2)21(17-33)32-24-26(35)31(20-11-9-19(30)10-12-20)15-8-14-29(24)22(25(32)34)23-27(36)37-16-7-5-6-13-28(23,3)38-29/h6,8-14,18,21-24,33H,4-5,7,15-17H2,1-3H3/b13-6-/t18-,21-,22-,23-,24?,28+,29-/m0/s1. The molecule has 7 atom stereocenters. The lowest BCUT2D eigenvalue weighted by Gasteiger charge is -2.41. The lowest BCUT2D eigenvalue weighted by molar-refractivity contribution is -0.154. The van der Waals surface area contributed by atoms with Crippen LogP contribution in [0.15, 0.2) is 48.6 Å². The van der Waals surface area contributed by atoms with Gasteiger partial charge in [-0.05, 0) is 49.9 Å². The molecule has 2 fully saturated rings. The number of benzene rings is 1. The number of halogens is 1. The summed E-state index contributed by atoms with van der Waals surface area (Å²) in [6.45, 7) is 6.32. The fourth-order valence-corrected chi connectivity index (χ4v) is 8.86. The van der Waals surface area contributed by atoms with Crippen LogP contribution in [-0.4, -0.2) is 69.1 Å². The molecule has 1 aromatic rings. The van der Waals surface area contributed by atoms with Crippen LogP contribution in [0.25, 0.3) is 0 Å². The number of ether oxygens (including phenoxy) is 1. The van der Waals surface area contributed by atoms with Gasteiger partial charge in [0.1, 0.15) is 6.04 Å². The van der Waals surface area contributed by atoms with Crippen LogP contribution in [0.5, 0.6) is 0 Å².